The number of rotatable bonds is 5. The molecule has 5 aromatic rings. The summed E-state index contributed by atoms with van der Waals surface area (Å²) in [5.74, 6) is -0.218. The Labute approximate surface area is 256 Å². The standard InChI is InChI=1S/C33H25N3O4S3/c1-20-8-6-4-3-5-7-9-23(18-20)31(37)34-25-14-11-22(12-15-25)32-35-26-17-13-24(19-28(26)41-32)33-36-27-16-10-21(2)30(29(27)42-33)43(38,39)40/h3-4,6-19H,1,5H2,2H3,(H,34,37)(H,38,39,40)/b4-3-,8-6-,9-7-,23-18?. The maximum Gasteiger partial charge on any atom is 0.296 e. The van der Waals surface area contributed by atoms with Crippen LogP contribution in [0.25, 0.3) is 41.6 Å². The molecule has 0 saturated heterocycles. The van der Waals surface area contributed by atoms with Gasteiger partial charge in [0.15, 0.2) is 0 Å². The minimum atomic E-state index is -4.39. The number of aromatic nitrogens is 2. The van der Waals surface area contributed by atoms with Crippen molar-refractivity contribution in [2.24, 2.45) is 0 Å². The largest absolute Gasteiger partial charge is 0.322 e. The van der Waals surface area contributed by atoms with Gasteiger partial charge in [0.05, 0.1) is 20.4 Å². The molecule has 0 aliphatic heterocycles. The molecule has 43 heavy (non-hydrogen) atoms. The third kappa shape index (κ3) is 6.18. The van der Waals surface area contributed by atoms with Crippen molar-refractivity contribution in [1.82, 2.24) is 9.97 Å². The molecule has 3 aromatic carbocycles. The Hall–Kier alpha value is -4.48. The van der Waals surface area contributed by atoms with Gasteiger partial charge in [-0.15, -0.1) is 22.7 Å². The van der Waals surface area contributed by atoms with Crippen LogP contribution in [0.5, 0.6) is 0 Å². The highest BCUT2D eigenvalue weighted by atomic mass is 32.2. The summed E-state index contributed by atoms with van der Waals surface area (Å²) in [6.07, 6.45) is 13.9. The van der Waals surface area contributed by atoms with Gasteiger partial charge < -0.3 is 5.32 Å². The van der Waals surface area contributed by atoms with Crippen molar-refractivity contribution in [1.29, 1.82) is 0 Å². The van der Waals surface area contributed by atoms with Crippen molar-refractivity contribution < 1.29 is 17.8 Å². The second-order valence-corrected chi connectivity index (χ2v) is 13.3. The summed E-state index contributed by atoms with van der Waals surface area (Å²) < 4.78 is 35.2. The summed E-state index contributed by atoms with van der Waals surface area (Å²) in [7, 11) is -4.39. The first kappa shape index (κ1) is 28.6. The fraction of sp³-hybridized carbons (Fsp3) is 0.0606. The minimum Gasteiger partial charge on any atom is -0.322 e. The van der Waals surface area contributed by atoms with E-state index in [1.807, 2.05) is 72.8 Å². The van der Waals surface area contributed by atoms with Crippen molar-refractivity contribution >= 4 is 64.8 Å². The maximum absolute atomic E-state index is 13.0. The van der Waals surface area contributed by atoms with E-state index in [1.54, 1.807) is 31.2 Å². The average molecular weight is 624 g/mol. The first-order valence-electron chi connectivity index (χ1n) is 13.3. The number of fused-ring (bicyclic) bond motifs is 2. The van der Waals surface area contributed by atoms with E-state index in [9.17, 15) is 17.8 Å². The first-order valence-corrected chi connectivity index (χ1v) is 16.3. The SMILES string of the molecule is C=C1C=C(C(=O)Nc2ccc(-c3nc4ccc(-c5nc6ccc(C)c(S(=O)(=O)O)c6s5)cc4s3)cc2)/C=C\C/C=C\C=C/1. The van der Waals surface area contributed by atoms with Crippen LogP contribution in [0.3, 0.4) is 0 Å². The zero-order valence-corrected chi connectivity index (χ0v) is 25.4. The zero-order valence-electron chi connectivity index (χ0n) is 22.9. The van der Waals surface area contributed by atoms with Crippen molar-refractivity contribution in [3.8, 4) is 21.1 Å². The lowest BCUT2D eigenvalue weighted by molar-refractivity contribution is -0.112. The predicted molar refractivity (Wildman–Crippen MR) is 176 cm³/mol. The molecule has 214 valence electrons. The highest BCUT2D eigenvalue weighted by Gasteiger charge is 2.21. The van der Waals surface area contributed by atoms with Crippen molar-refractivity contribution in [2.45, 2.75) is 18.2 Å². The van der Waals surface area contributed by atoms with E-state index in [-0.39, 0.29) is 10.8 Å². The molecule has 0 atom stereocenters. The molecular formula is C33H25N3O4S3. The van der Waals surface area contributed by atoms with E-state index in [2.05, 4.69) is 16.9 Å². The van der Waals surface area contributed by atoms with Gasteiger partial charge in [-0.1, -0.05) is 49.1 Å². The van der Waals surface area contributed by atoms with Gasteiger partial charge in [0, 0.05) is 22.4 Å². The third-order valence-electron chi connectivity index (χ3n) is 6.72. The van der Waals surface area contributed by atoms with Crippen molar-refractivity contribution in [3.63, 3.8) is 0 Å². The molecule has 2 heterocycles. The first-order chi connectivity index (χ1) is 20.7. The number of carbonyl (C=O) groups is 1. The van der Waals surface area contributed by atoms with Crippen LogP contribution >= 0.6 is 22.7 Å². The summed E-state index contributed by atoms with van der Waals surface area (Å²) in [5, 5.41) is 4.44. The molecule has 1 aliphatic rings. The van der Waals surface area contributed by atoms with E-state index in [0.717, 1.165) is 38.3 Å². The number of nitrogens with one attached hydrogen (secondary N) is 1. The third-order valence-corrected chi connectivity index (χ3v) is 10.1. The lowest BCUT2D eigenvalue weighted by atomic mass is 10.1. The summed E-state index contributed by atoms with van der Waals surface area (Å²) in [6, 6.07) is 16.8. The van der Waals surface area contributed by atoms with Gasteiger partial charge in [-0.25, -0.2) is 9.97 Å². The van der Waals surface area contributed by atoms with E-state index >= 15 is 0 Å². The number of allylic oxidation sites excluding steroid dienone is 7. The summed E-state index contributed by atoms with van der Waals surface area (Å²) in [4.78, 5) is 22.3. The molecule has 0 spiro atoms. The lowest BCUT2D eigenvalue weighted by Gasteiger charge is -2.07. The molecule has 0 radical (unpaired) electrons. The van der Waals surface area contributed by atoms with Gasteiger partial charge in [0.1, 0.15) is 14.9 Å². The van der Waals surface area contributed by atoms with E-state index in [0.29, 0.717) is 32.0 Å². The fourth-order valence-electron chi connectivity index (χ4n) is 4.64. The molecule has 2 N–H and O–H groups in total. The molecule has 0 unspecified atom stereocenters. The molecule has 7 nitrogen and oxygen atoms in total. The number of hydrogen-bond acceptors (Lipinski definition) is 7. The second kappa shape index (κ2) is 11.7. The highest BCUT2D eigenvalue weighted by Crippen LogP contribution is 2.38. The van der Waals surface area contributed by atoms with Crippen LogP contribution in [0.15, 0.2) is 120 Å². The van der Waals surface area contributed by atoms with Crippen LogP contribution in [-0.2, 0) is 14.9 Å². The van der Waals surface area contributed by atoms with Crippen LogP contribution in [0.4, 0.5) is 5.69 Å². The van der Waals surface area contributed by atoms with E-state index in [1.165, 1.54) is 22.7 Å². The maximum atomic E-state index is 13.0. The number of thiazole rings is 2. The van der Waals surface area contributed by atoms with E-state index in [4.69, 9.17) is 4.98 Å². The molecule has 0 bridgehead atoms. The quantitative estimate of drug-likeness (QED) is 0.191. The Morgan fingerprint density at radius 3 is 2.42 bits per heavy atom. The van der Waals surface area contributed by atoms with Crippen LogP contribution in [0.1, 0.15) is 12.0 Å². The number of anilines is 1. The predicted octanol–water partition coefficient (Wildman–Crippen LogP) is 8.29. The Morgan fingerprint density at radius 1 is 0.907 bits per heavy atom. The second-order valence-electron chi connectivity index (χ2n) is 9.89. The van der Waals surface area contributed by atoms with Gasteiger partial charge >= 0.3 is 0 Å². The number of hydrogen-bond donors (Lipinski definition) is 2. The Balaban J connectivity index is 1.24. The number of aryl methyl sites for hydroxylation is 1. The van der Waals surface area contributed by atoms with Gasteiger partial charge in [-0.2, -0.15) is 8.42 Å². The van der Waals surface area contributed by atoms with Crippen molar-refractivity contribution in [3.05, 3.63) is 120 Å². The summed E-state index contributed by atoms with van der Waals surface area (Å²) in [5.41, 5.74) is 5.48. The molecule has 1 aliphatic carbocycles. The zero-order chi connectivity index (χ0) is 30.1. The number of amides is 1. The number of benzene rings is 3. The summed E-state index contributed by atoms with van der Waals surface area (Å²) >= 11 is 2.76. The normalized spacial score (nSPS) is 16.1. The number of nitrogens with zero attached hydrogens (tertiary/aromatic N) is 2. The van der Waals surface area contributed by atoms with Crippen LogP contribution in [0.2, 0.25) is 0 Å². The topological polar surface area (TPSA) is 109 Å². The van der Waals surface area contributed by atoms with E-state index < -0.39 is 10.1 Å². The molecule has 0 fully saturated rings. The summed E-state index contributed by atoms with van der Waals surface area (Å²) in [6.45, 7) is 5.64. The highest BCUT2D eigenvalue weighted by molar-refractivity contribution is 7.86. The van der Waals surface area contributed by atoms with Gasteiger partial charge in [0.2, 0.25) is 0 Å². The van der Waals surface area contributed by atoms with Crippen molar-refractivity contribution in [2.75, 3.05) is 5.32 Å². The number of carbonyl (C=O) groups excluding carboxylic acids is 1. The molecule has 1 amide bonds. The monoisotopic (exact) mass is 623 g/mol. The molecular weight excluding hydrogens is 599 g/mol. The fourth-order valence-corrected chi connectivity index (χ4v) is 7.96. The Bertz CT molecular complexity index is 2150. The Kier molecular flexibility index (Phi) is 7.76. The van der Waals surface area contributed by atoms with Crippen LogP contribution in [0, 0.1) is 6.92 Å². The average Bonchev–Trinajstić information content (AvgIpc) is 3.60. The lowest BCUT2D eigenvalue weighted by Crippen LogP contribution is -2.13. The minimum absolute atomic E-state index is 0.0988. The molecule has 10 heteroatoms. The smallest absolute Gasteiger partial charge is 0.296 e. The molecule has 2 aromatic heterocycles. The Morgan fingerprint density at radius 2 is 1.63 bits per heavy atom. The molecule has 6 rings (SSSR count). The van der Waals surface area contributed by atoms with Gasteiger partial charge in [0.25, 0.3) is 16.0 Å². The van der Waals surface area contributed by atoms with Gasteiger partial charge in [-0.3, -0.25) is 9.35 Å². The molecule has 0 saturated carbocycles. The van der Waals surface area contributed by atoms with Crippen LogP contribution in [-0.4, -0.2) is 28.8 Å². The van der Waals surface area contributed by atoms with Crippen LogP contribution < -0.4 is 5.32 Å². The van der Waals surface area contributed by atoms with Gasteiger partial charge in [-0.05, 0) is 79.1 Å².